The van der Waals surface area contributed by atoms with E-state index in [9.17, 15) is 8.78 Å². The molecule has 0 unspecified atom stereocenters. The zero-order valence-corrected chi connectivity index (χ0v) is 14.9. The Morgan fingerprint density at radius 3 is 2.80 bits per heavy atom. The molecule has 3 heterocycles. The van der Waals surface area contributed by atoms with Crippen LogP contribution in [0.1, 0.15) is 11.1 Å². The number of anilines is 1. The van der Waals surface area contributed by atoms with Gasteiger partial charge in [0.2, 0.25) is 0 Å². The van der Waals surface area contributed by atoms with E-state index in [-0.39, 0.29) is 15.7 Å². The summed E-state index contributed by atoms with van der Waals surface area (Å²) in [7, 11) is 0. The molecule has 4 rings (SSSR count). The van der Waals surface area contributed by atoms with Crippen molar-refractivity contribution in [2.75, 3.05) is 11.4 Å². The summed E-state index contributed by atoms with van der Waals surface area (Å²) in [5.74, 6) is -0.568. The van der Waals surface area contributed by atoms with Crippen LogP contribution in [-0.4, -0.2) is 26.5 Å². The molecule has 25 heavy (non-hydrogen) atoms. The average Bonchev–Trinajstić information content (AvgIpc) is 3.27. The second-order valence-corrected chi connectivity index (χ2v) is 6.70. The first-order chi connectivity index (χ1) is 12.0. The van der Waals surface area contributed by atoms with Gasteiger partial charge >= 0.3 is 0 Å². The number of fused-ring (bicyclic) bond motifs is 1. The van der Waals surface area contributed by atoms with Crippen LogP contribution < -0.4 is 4.90 Å². The number of nitrogens with zero attached hydrogens (tertiary/aromatic N) is 4. The normalized spacial score (nSPS) is 13.4. The zero-order valence-electron chi connectivity index (χ0n) is 13.4. The molecule has 8 heteroatoms. The van der Waals surface area contributed by atoms with Gasteiger partial charge in [-0.05, 0) is 40.5 Å². The zero-order chi connectivity index (χ0) is 17.7. The molecule has 5 nitrogen and oxygen atoms in total. The second kappa shape index (κ2) is 5.80. The van der Waals surface area contributed by atoms with Gasteiger partial charge in [-0.2, -0.15) is 10.2 Å². The van der Waals surface area contributed by atoms with E-state index in [0.717, 1.165) is 22.6 Å². The van der Waals surface area contributed by atoms with E-state index < -0.39 is 11.6 Å². The third-order valence-corrected chi connectivity index (χ3v) is 4.97. The lowest BCUT2D eigenvalue weighted by molar-refractivity contribution is 0.571. The fraction of sp³-hybridized carbons (Fsp3) is 0.176. The van der Waals surface area contributed by atoms with Crippen molar-refractivity contribution in [3.63, 3.8) is 0 Å². The Balaban J connectivity index is 1.82. The maximum Gasteiger partial charge on any atom is 0.149 e. The van der Waals surface area contributed by atoms with Crippen molar-refractivity contribution in [2.24, 2.45) is 0 Å². The lowest BCUT2D eigenvalue weighted by Crippen LogP contribution is -2.20. The Bertz CT molecular complexity index is 991. The SMILES string of the molecule is C=C(c1c(F)ccc(Br)c1F)N1CCn2ncc(-c3[nH]ncc3C)c21. The molecule has 1 aliphatic rings. The van der Waals surface area contributed by atoms with Crippen molar-refractivity contribution in [2.45, 2.75) is 13.5 Å². The Kier molecular flexibility index (Phi) is 3.72. The van der Waals surface area contributed by atoms with Crippen molar-refractivity contribution < 1.29 is 8.78 Å². The molecule has 1 aromatic carbocycles. The first-order valence-electron chi connectivity index (χ1n) is 7.65. The number of H-pyrrole nitrogens is 1. The van der Waals surface area contributed by atoms with Crippen molar-refractivity contribution in [1.29, 1.82) is 0 Å². The molecule has 0 spiro atoms. The van der Waals surface area contributed by atoms with Crippen molar-refractivity contribution >= 4 is 27.4 Å². The molecule has 0 radical (unpaired) electrons. The monoisotopic (exact) mass is 405 g/mol. The summed E-state index contributed by atoms with van der Waals surface area (Å²) in [5, 5.41) is 11.4. The number of aromatic amines is 1. The number of aryl methyl sites for hydroxylation is 1. The summed E-state index contributed by atoms with van der Waals surface area (Å²) in [6.45, 7) is 7.03. The van der Waals surface area contributed by atoms with Crippen LogP contribution in [-0.2, 0) is 6.54 Å². The Hall–Kier alpha value is -2.48. The number of aromatic nitrogens is 4. The quantitative estimate of drug-likeness (QED) is 0.666. The summed E-state index contributed by atoms with van der Waals surface area (Å²) in [6.07, 6.45) is 3.45. The fourth-order valence-corrected chi connectivity index (χ4v) is 3.44. The number of halogens is 3. The largest absolute Gasteiger partial charge is 0.324 e. The van der Waals surface area contributed by atoms with E-state index in [1.54, 1.807) is 22.0 Å². The first kappa shape index (κ1) is 16.0. The van der Waals surface area contributed by atoms with Gasteiger partial charge < -0.3 is 4.90 Å². The lowest BCUT2D eigenvalue weighted by atomic mass is 10.1. The van der Waals surface area contributed by atoms with Gasteiger partial charge in [-0.25, -0.2) is 13.5 Å². The summed E-state index contributed by atoms with van der Waals surface area (Å²) in [5.41, 5.74) is 2.74. The smallest absolute Gasteiger partial charge is 0.149 e. The molecule has 2 aromatic heterocycles. The highest BCUT2D eigenvalue weighted by molar-refractivity contribution is 9.10. The maximum absolute atomic E-state index is 14.5. The minimum Gasteiger partial charge on any atom is -0.324 e. The van der Waals surface area contributed by atoms with Crippen molar-refractivity contribution in [3.8, 4) is 11.3 Å². The van der Waals surface area contributed by atoms with E-state index in [4.69, 9.17) is 0 Å². The van der Waals surface area contributed by atoms with Crippen LogP contribution >= 0.6 is 15.9 Å². The highest BCUT2D eigenvalue weighted by atomic mass is 79.9. The van der Waals surface area contributed by atoms with Gasteiger partial charge in [0, 0.05) is 12.2 Å². The lowest BCUT2D eigenvalue weighted by Gasteiger charge is -2.22. The van der Waals surface area contributed by atoms with Crippen LogP contribution in [0.4, 0.5) is 14.6 Å². The molecule has 0 atom stereocenters. The van der Waals surface area contributed by atoms with Gasteiger partial charge in [0.25, 0.3) is 0 Å². The van der Waals surface area contributed by atoms with E-state index in [0.29, 0.717) is 13.1 Å². The number of hydrogen-bond donors (Lipinski definition) is 1. The summed E-state index contributed by atoms with van der Waals surface area (Å²) >= 11 is 3.10. The van der Waals surface area contributed by atoms with E-state index >= 15 is 0 Å². The third-order valence-electron chi connectivity index (χ3n) is 4.36. The van der Waals surface area contributed by atoms with Gasteiger partial charge in [0.1, 0.15) is 17.5 Å². The average molecular weight is 406 g/mol. The van der Waals surface area contributed by atoms with Gasteiger partial charge in [-0.3, -0.25) is 5.10 Å². The summed E-state index contributed by atoms with van der Waals surface area (Å²) in [4.78, 5) is 1.79. The van der Waals surface area contributed by atoms with Gasteiger partial charge in [0.05, 0.1) is 40.2 Å². The van der Waals surface area contributed by atoms with Gasteiger partial charge in [-0.15, -0.1) is 0 Å². The minimum absolute atomic E-state index is 0.142. The molecule has 0 aliphatic carbocycles. The predicted molar refractivity (Wildman–Crippen MR) is 95.0 cm³/mol. The van der Waals surface area contributed by atoms with Gasteiger partial charge in [0.15, 0.2) is 0 Å². The van der Waals surface area contributed by atoms with Crippen LogP contribution in [0.3, 0.4) is 0 Å². The highest BCUT2D eigenvalue weighted by Gasteiger charge is 2.30. The van der Waals surface area contributed by atoms with Crippen molar-refractivity contribution in [3.05, 3.63) is 58.3 Å². The summed E-state index contributed by atoms with van der Waals surface area (Å²) in [6, 6.07) is 2.57. The number of benzene rings is 1. The van der Waals surface area contributed by atoms with E-state index in [1.165, 1.54) is 12.1 Å². The number of rotatable bonds is 3. The van der Waals surface area contributed by atoms with E-state index in [1.807, 2.05) is 6.92 Å². The standard InChI is InChI=1S/C17H14BrF2N5/c1-9-7-21-23-16(9)11-8-22-25-6-5-24(17(11)25)10(2)14-13(19)4-3-12(18)15(14)20/h3-4,7-8H,2,5-6H2,1H3,(H,21,23). The molecule has 0 fully saturated rings. The number of hydrogen-bond acceptors (Lipinski definition) is 3. The van der Waals surface area contributed by atoms with E-state index in [2.05, 4.69) is 37.8 Å². The minimum atomic E-state index is -0.665. The number of nitrogens with one attached hydrogen (secondary N) is 1. The van der Waals surface area contributed by atoms with Crippen LogP contribution in [0.15, 0.2) is 35.6 Å². The van der Waals surface area contributed by atoms with Crippen LogP contribution in [0, 0.1) is 18.6 Å². The molecule has 3 aromatic rings. The molecule has 0 bridgehead atoms. The molecule has 128 valence electrons. The topological polar surface area (TPSA) is 49.7 Å². The Morgan fingerprint density at radius 2 is 2.08 bits per heavy atom. The van der Waals surface area contributed by atoms with Gasteiger partial charge in [-0.1, -0.05) is 6.58 Å². The summed E-state index contributed by atoms with van der Waals surface area (Å²) < 4.78 is 30.8. The first-order valence-corrected chi connectivity index (χ1v) is 8.44. The molecular formula is C17H14BrF2N5. The molecule has 0 saturated heterocycles. The van der Waals surface area contributed by atoms with Crippen LogP contribution in [0.5, 0.6) is 0 Å². The molecule has 0 amide bonds. The highest BCUT2D eigenvalue weighted by Crippen LogP contribution is 2.39. The Morgan fingerprint density at radius 1 is 1.28 bits per heavy atom. The molecule has 1 aliphatic heterocycles. The molecule has 0 saturated carbocycles. The predicted octanol–water partition coefficient (Wildman–Crippen LogP) is 4.11. The molecular weight excluding hydrogens is 392 g/mol. The fourth-order valence-electron chi connectivity index (χ4n) is 3.11. The maximum atomic E-state index is 14.5. The van der Waals surface area contributed by atoms with Crippen LogP contribution in [0.25, 0.3) is 17.0 Å². The molecule has 1 N–H and O–H groups in total. The van der Waals surface area contributed by atoms with Crippen molar-refractivity contribution in [1.82, 2.24) is 20.0 Å². The Labute approximate surface area is 151 Å². The second-order valence-electron chi connectivity index (χ2n) is 5.85. The third kappa shape index (κ3) is 2.39. The van der Waals surface area contributed by atoms with Crippen LogP contribution in [0.2, 0.25) is 0 Å².